The third-order valence-corrected chi connectivity index (χ3v) is 3.36. The summed E-state index contributed by atoms with van der Waals surface area (Å²) in [6.07, 6.45) is 1.72. The van der Waals surface area contributed by atoms with Crippen LogP contribution in [-0.4, -0.2) is 5.78 Å². The second kappa shape index (κ2) is 4.45. The molecule has 2 heteroatoms. The summed E-state index contributed by atoms with van der Waals surface area (Å²) >= 11 is 1.46. The van der Waals surface area contributed by atoms with Gasteiger partial charge < -0.3 is 0 Å². The summed E-state index contributed by atoms with van der Waals surface area (Å²) in [5.41, 5.74) is 2.80. The van der Waals surface area contributed by atoms with E-state index in [1.54, 1.807) is 6.08 Å². The van der Waals surface area contributed by atoms with E-state index in [4.69, 9.17) is 0 Å². The molecule has 0 aliphatic carbocycles. The molecule has 2 rings (SSSR count). The Morgan fingerprint density at radius 3 is 2.56 bits per heavy atom. The minimum atomic E-state index is 0.0740. The molecule has 0 fully saturated rings. The molecule has 1 aromatic carbocycles. The predicted octanol–water partition coefficient (Wildman–Crippen LogP) is 3.93. The summed E-state index contributed by atoms with van der Waals surface area (Å²) in [7, 11) is 0. The first-order chi connectivity index (χ1) is 7.72. The molecular weight excluding hydrogens is 216 g/mol. The number of carbonyl (C=O) groups excluding carboxylic acids is 1. The van der Waals surface area contributed by atoms with Crippen molar-refractivity contribution >= 4 is 23.2 Å². The molecule has 1 heterocycles. The highest BCUT2D eigenvalue weighted by Gasteiger charge is 2.13. The van der Waals surface area contributed by atoms with Crippen LogP contribution >= 0.6 is 11.3 Å². The number of thiophene rings is 1. The SMILES string of the molecule is C=Cc1ccsc1C(=O)c1ccc(C)cc1. The van der Waals surface area contributed by atoms with Gasteiger partial charge in [-0.05, 0) is 23.9 Å². The highest BCUT2D eigenvalue weighted by atomic mass is 32.1. The lowest BCUT2D eigenvalue weighted by Gasteiger charge is -2.00. The lowest BCUT2D eigenvalue weighted by molar-refractivity contribution is 0.104. The van der Waals surface area contributed by atoms with Crippen LogP contribution in [0.4, 0.5) is 0 Å². The molecule has 0 N–H and O–H groups in total. The van der Waals surface area contributed by atoms with Crippen LogP contribution in [0, 0.1) is 6.92 Å². The molecule has 2 aromatic rings. The van der Waals surface area contributed by atoms with Crippen molar-refractivity contribution < 1.29 is 4.79 Å². The fourth-order valence-corrected chi connectivity index (χ4v) is 2.36. The topological polar surface area (TPSA) is 17.1 Å². The van der Waals surface area contributed by atoms with Gasteiger partial charge in [0.25, 0.3) is 0 Å². The van der Waals surface area contributed by atoms with Crippen molar-refractivity contribution in [3.05, 3.63) is 63.9 Å². The molecule has 0 saturated heterocycles. The monoisotopic (exact) mass is 228 g/mol. The van der Waals surface area contributed by atoms with Crippen LogP contribution in [0.5, 0.6) is 0 Å². The first-order valence-corrected chi connectivity index (χ1v) is 5.91. The van der Waals surface area contributed by atoms with Gasteiger partial charge in [0.15, 0.2) is 0 Å². The van der Waals surface area contributed by atoms with Crippen LogP contribution in [0.15, 0.2) is 42.3 Å². The molecule has 0 radical (unpaired) electrons. The second-order valence-corrected chi connectivity index (χ2v) is 4.52. The highest BCUT2D eigenvalue weighted by molar-refractivity contribution is 7.12. The van der Waals surface area contributed by atoms with E-state index >= 15 is 0 Å². The molecule has 1 nitrogen and oxygen atoms in total. The molecule has 0 aliphatic rings. The summed E-state index contributed by atoms with van der Waals surface area (Å²) in [6, 6.07) is 9.55. The molecular formula is C14H12OS. The fraction of sp³-hybridized carbons (Fsp3) is 0.0714. The Balaban J connectivity index is 2.39. The minimum Gasteiger partial charge on any atom is -0.288 e. The minimum absolute atomic E-state index is 0.0740. The summed E-state index contributed by atoms with van der Waals surface area (Å²) in [5, 5.41) is 1.92. The van der Waals surface area contributed by atoms with Crippen LogP contribution in [-0.2, 0) is 0 Å². The van der Waals surface area contributed by atoms with Gasteiger partial charge >= 0.3 is 0 Å². The maximum Gasteiger partial charge on any atom is 0.203 e. The van der Waals surface area contributed by atoms with Crippen molar-refractivity contribution in [2.75, 3.05) is 0 Å². The third-order valence-electron chi connectivity index (χ3n) is 2.44. The largest absolute Gasteiger partial charge is 0.288 e. The number of ketones is 1. The van der Waals surface area contributed by atoms with Crippen LogP contribution < -0.4 is 0 Å². The van der Waals surface area contributed by atoms with Crippen LogP contribution in [0.25, 0.3) is 6.08 Å². The number of benzene rings is 1. The second-order valence-electron chi connectivity index (χ2n) is 3.60. The van der Waals surface area contributed by atoms with Gasteiger partial charge in [0.2, 0.25) is 5.78 Å². The standard InChI is InChI=1S/C14H12OS/c1-3-11-8-9-16-14(11)13(15)12-6-4-10(2)5-7-12/h3-9H,1H2,2H3. The number of hydrogen-bond acceptors (Lipinski definition) is 2. The van der Waals surface area contributed by atoms with Gasteiger partial charge in [-0.15, -0.1) is 11.3 Å². The van der Waals surface area contributed by atoms with Crippen LogP contribution in [0.3, 0.4) is 0 Å². The van der Waals surface area contributed by atoms with Crippen molar-refractivity contribution in [1.29, 1.82) is 0 Å². The Labute approximate surface area is 99.1 Å². The maximum absolute atomic E-state index is 12.2. The van der Waals surface area contributed by atoms with E-state index in [0.29, 0.717) is 0 Å². The van der Waals surface area contributed by atoms with Crippen molar-refractivity contribution in [2.45, 2.75) is 6.92 Å². The van der Waals surface area contributed by atoms with Crippen molar-refractivity contribution in [3.8, 4) is 0 Å². The van der Waals surface area contributed by atoms with Gasteiger partial charge in [-0.3, -0.25) is 4.79 Å². The van der Waals surface area contributed by atoms with E-state index in [-0.39, 0.29) is 5.78 Å². The lowest BCUT2D eigenvalue weighted by Crippen LogP contribution is -1.99. The molecule has 0 bridgehead atoms. The number of rotatable bonds is 3. The van der Waals surface area contributed by atoms with E-state index in [9.17, 15) is 4.79 Å². The van der Waals surface area contributed by atoms with Crippen LogP contribution in [0.2, 0.25) is 0 Å². The molecule has 0 amide bonds. The number of aryl methyl sites for hydroxylation is 1. The lowest BCUT2D eigenvalue weighted by atomic mass is 10.1. The molecule has 1 aromatic heterocycles. The Morgan fingerprint density at radius 2 is 1.94 bits per heavy atom. The van der Waals surface area contributed by atoms with E-state index < -0.39 is 0 Å². The smallest absolute Gasteiger partial charge is 0.203 e. The Kier molecular flexibility index (Phi) is 3.02. The zero-order valence-electron chi connectivity index (χ0n) is 9.07. The van der Waals surface area contributed by atoms with Gasteiger partial charge in [0.05, 0.1) is 4.88 Å². The summed E-state index contributed by atoms with van der Waals surface area (Å²) in [4.78, 5) is 12.9. The van der Waals surface area contributed by atoms with Crippen molar-refractivity contribution in [2.24, 2.45) is 0 Å². The first kappa shape index (κ1) is 10.8. The van der Waals surface area contributed by atoms with Gasteiger partial charge in [0, 0.05) is 5.56 Å². The van der Waals surface area contributed by atoms with Gasteiger partial charge in [-0.1, -0.05) is 42.5 Å². The number of hydrogen-bond donors (Lipinski definition) is 0. The predicted molar refractivity (Wildman–Crippen MR) is 69.0 cm³/mol. The Bertz CT molecular complexity index is 520. The van der Waals surface area contributed by atoms with E-state index in [1.165, 1.54) is 11.3 Å². The molecule has 16 heavy (non-hydrogen) atoms. The van der Waals surface area contributed by atoms with Gasteiger partial charge in [-0.2, -0.15) is 0 Å². The zero-order chi connectivity index (χ0) is 11.5. The van der Waals surface area contributed by atoms with Crippen LogP contribution in [0.1, 0.15) is 26.4 Å². The quantitative estimate of drug-likeness (QED) is 0.727. The van der Waals surface area contributed by atoms with E-state index in [2.05, 4.69) is 6.58 Å². The molecule has 0 unspecified atom stereocenters. The maximum atomic E-state index is 12.2. The first-order valence-electron chi connectivity index (χ1n) is 5.03. The average Bonchev–Trinajstić information content (AvgIpc) is 2.77. The van der Waals surface area contributed by atoms with Crippen molar-refractivity contribution in [3.63, 3.8) is 0 Å². The molecule has 80 valence electrons. The molecule has 0 spiro atoms. The molecule has 0 aliphatic heterocycles. The Morgan fingerprint density at radius 1 is 1.25 bits per heavy atom. The van der Waals surface area contributed by atoms with E-state index in [0.717, 1.165) is 21.6 Å². The summed E-state index contributed by atoms with van der Waals surface area (Å²) in [6.45, 7) is 5.72. The highest BCUT2D eigenvalue weighted by Crippen LogP contribution is 2.21. The molecule has 0 saturated carbocycles. The summed E-state index contributed by atoms with van der Waals surface area (Å²) < 4.78 is 0. The fourth-order valence-electron chi connectivity index (χ4n) is 1.50. The molecule has 0 atom stereocenters. The Hall–Kier alpha value is -1.67. The average molecular weight is 228 g/mol. The van der Waals surface area contributed by atoms with Gasteiger partial charge in [0.1, 0.15) is 0 Å². The number of carbonyl (C=O) groups is 1. The van der Waals surface area contributed by atoms with Crippen molar-refractivity contribution in [1.82, 2.24) is 0 Å². The normalized spacial score (nSPS) is 10.1. The van der Waals surface area contributed by atoms with E-state index in [1.807, 2.05) is 42.6 Å². The third kappa shape index (κ3) is 1.97. The summed E-state index contributed by atoms with van der Waals surface area (Å²) in [5.74, 6) is 0.0740. The van der Waals surface area contributed by atoms with Gasteiger partial charge in [-0.25, -0.2) is 0 Å². The zero-order valence-corrected chi connectivity index (χ0v) is 9.88.